The number of aromatic amines is 1. The highest BCUT2D eigenvalue weighted by Crippen LogP contribution is 2.36. The van der Waals surface area contributed by atoms with Crippen molar-refractivity contribution < 1.29 is 9.53 Å². The number of aliphatic imine (C=N–C) groups is 1. The summed E-state index contributed by atoms with van der Waals surface area (Å²) in [5, 5.41) is 9.62. The highest BCUT2D eigenvalue weighted by Gasteiger charge is 2.28. The van der Waals surface area contributed by atoms with Crippen LogP contribution in [-0.4, -0.2) is 45.1 Å². The molecule has 5 rings (SSSR count). The van der Waals surface area contributed by atoms with Gasteiger partial charge >= 0.3 is 5.97 Å². The zero-order chi connectivity index (χ0) is 25.2. The maximum Gasteiger partial charge on any atom is 0.357 e. The Hall–Kier alpha value is -4.01. The third-order valence-corrected chi connectivity index (χ3v) is 6.57. The lowest BCUT2D eigenvalue weighted by molar-refractivity contribution is 0.0371. The molecule has 3 aromatic heterocycles. The summed E-state index contributed by atoms with van der Waals surface area (Å²) in [7, 11) is 1.80. The van der Waals surface area contributed by atoms with Crippen LogP contribution in [0.4, 0.5) is 11.5 Å². The fourth-order valence-electron chi connectivity index (χ4n) is 4.98. The van der Waals surface area contributed by atoms with Crippen LogP contribution in [0.15, 0.2) is 52.4 Å². The number of nitrogens with one attached hydrogen (secondary N) is 2. The van der Waals surface area contributed by atoms with Gasteiger partial charge in [0, 0.05) is 36.5 Å². The number of carbonyl (C=O) groups is 1. The van der Waals surface area contributed by atoms with Crippen molar-refractivity contribution in [2.75, 3.05) is 12.4 Å². The van der Waals surface area contributed by atoms with E-state index in [-0.39, 0.29) is 29.3 Å². The van der Waals surface area contributed by atoms with E-state index in [0.717, 1.165) is 35.9 Å². The Bertz CT molecular complexity index is 1500. The van der Waals surface area contributed by atoms with E-state index in [1.54, 1.807) is 33.2 Å². The van der Waals surface area contributed by atoms with E-state index in [4.69, 9.17) is 9.84 Å². The van der Waals surface area contributed by atoms with Gasteiger partial charge in [-0.3, -0.25) is 9.48 Å². The molecular formula is C27H30N6O3. The van der Waals surface area contributed by atoms with Gasteiger partial charge in [0.15, 0.2) is 5.82 Å². The number of benzene rings is 1. The summed E-state index contributed by atoms with van der Waals surface area (Å²) < 4.78 is 7.24. The van der Waals surface area contributed by atoms with Crippen LogP contribution in [0.3, 0.4) is 0 Å². The van der Waals surface area contributed by atoms with Crippen LogP contribution < -0.4 is 10.9 Å². The molecule has 0 spiro atoms. The highest BCUT2D eigenvalue weighted by atomic mass is 16.5. The first-order valence-electron chi connectivity index (χ1n) is 12.4. The van der Waals surface area contributed by atoms with Crippen LogP contribution >= 0.6 is 0 Å². The Morgan fingerprint density at radius 2 is 2.06 bits per heavy atom. The third kappa shape index (κ3) is 4.60. The molecule has 9 nitrogen and oxygen atoms in total. The summed E-state index contributed by atoms with van der Waals surface area (Å²) in [4.78, 5) is 36.6. The van der Waals surface area contributed by atoms with E-state index in [2.05, 4.69) is 20.3 Å². The van der Waals surface area contributed by atoms with Crippen LogP contribution in [0.5, 0.6) is 0 Å². The molecule has 0 bridgehead atoms. The van der Waals surface area contributed by atoms with Crippen molar-refractivity contribution in [2.45, 2.75) is 51.7 Å². The number of anilines is 2. The van der Waals surface area contributed by atoms with Crippen LogP contribution in [-0.2, 0) is 4.74 Å². The molecule has 9 heteroatoms. The first-order chi connectivity index (χ1) is 17.4. The van der Waals surface area contributed by atoms with Crippen LogP contribution in [0, 0.1) is 5.92 Å². The number of carbonyl (C=O) groups excluding carboxylic acids is 1. The van der Waals surface area contributed by atoms with E-state index in [0.29, 0.717) is 16.7 Å². The second-order valence-electron chi connectivity index (χ2n) is 9.47. The molecule has 0 unspecified atom stereocenters. The van der Waals surface area contributed by atoms with Gasteiger partial charge in [-0.05, 0) is 57.0 Å². The number of H-pyrrole nitrogens is 1. The van der Waals surface area contributed by atoms with Gasteiger partial charge in [0.1, 0.15) is 11.1 Å². The van der Waals surface area contributed by atoms with Gasteiger partial charge in [-0.1, -0.05) is 18.9 Å². The van der Waals surface area contributed by atoms with Gasteiger partial charge in [-0.2, -0.15) is 5.10 Å². The molecule has 0 amide bonds. The molecule has 1 aromatic carbocycles. The first kappa shape index (κ1) is 23.7. The SMILES string of the molecule is C/N=C\[C@H]1CCCC[C@@H]1n1nc(Nc2ccc3nc(C(=O)OC(C)C)ccc3c2)c2c(=O)[nH]ccc21. The zero-order valence-corrected chi connectivity index (χ0v) is 20.7. The zero-order valence-electron chi connectivity index (χ0n) is 20.7. The Kier molecular flexibility index (Phi) is 6.54. The molecule has 2 N–H and O–H groups in total. The Morgan fingerprint density at radius 3 is 2.86 bits per heavy atom. The minimum Gasteiger partial charge on any atom is -0.458 e. The molecular weight excluding hydrogens is 456 g/mol. The normalized spacial score (nSPS) is 18.3. The number of rotatable bonds is 6. The van der Waals surface area contributed by atoms with Gasteiger partial charge in [0.25, 0.3) is 5.56 Å². The minimum atomic E-state index is -0.445. The van der Waals surface area contributed by atoms with Crippen molar-refractivity contribution in [3.05, 3.63) is 58.6 Å². The molecule has 4 aromatic rings. The predicted octanol–water partition coefficient (Wildman–Crippen LogP) is 5.01. The molecule has 1 aliphatic carbocycles. The molecule has 186 valence electrons. The number of nitrogens with zero attached hydrogens (tertiary/aromatic N) is 4. The average molecular weight is 487 g/mol. The number of pyridine rings is 2. The standard InChI is InChI=1S/C27H30N6O3/c1-16(2)36-27(35)21-10-8-17-14-19(9-11-20(17)31-21)30-25-24-23(12-13-29-26(24)34)33(32-25)22-7-5-4-6-18(22)15-28-3/h8-16,18,22H,4-7H2,1-3H3,(H,29,34)(H,30,32)/b28-15-/t18-,22+/m1/s1. The maximum absolute atomic E-state index is 12.9. The summed E-state index contributed by atoms with van der Waals surface area (Å²) in [6.07, 6.45) is 7.80. The summed E-state index contributed by atoms with van der Waals surface area (Å²) >= 11 is 0. The molecule has 3 heterocycles. The van der Waals surface area contributed by atoms with Crippen molar-refractivity contribution in [3.63, 3.8) is 0 Å². The molecule has 1 aliphatic rings. The maximum atomic E-state index is 12.9. The second kappa shape index (κ2) is 9.93. The number of hydrogen-bond acceptors (Lipinski definition) is 7. The molecule has 1 saturated carbocycles. The highest BCUT2D eigenvalue weighted by molar-refractivity contribution is 5.94. The minimum absolute atomic E-state index is 0.145. The molecule has 36 heavy (non-hydrogen) atoms. The van der Waals surface area contributed by atoms with E-state index in [9.17, 15) is 9.59 Å². The van der Waals surface area contributed by atoms with Crippen LogP contribution in [0.25, 0.3) is 21.8 Å². The summed E-state index contributed by atoms with van der Waals surface area (Å²) in [5.41, 5.74) is 2.33. The van der Waals surface area contributed by atoms with E-state index in [1.165, 1.54) is 6.42 Å². The van der Waals surface area contributed by atoms with Gasteiger partial charge in [-0.15, -0.1) is 0 Å². The van der Waals surface area contributed by atoms with Crippen molar-refractivity contribution in [1.82, 2.24) is 19.7 Å². The third-order valence-electron chi connectivity index (χ3n) is 6.57. The van der Waals surface area contributed by atoms with Gasteiger partial charge < -0.3 is 20.0 Å². The monoisotopic (exact) mass is 486 g/mol. The molecule has 0 aliphatic heterocycles. The van der Waals surface area contributed by atoms with E-state index in [1.807, 2.05) is 41.2 Å². The number of esters is 1. The van der Waals surface area contributed by atoms with Gasteiger partial charge in [0.05, 0.1) is 23.2 Å². The fraction of sp³-hybridized carbons (Fsp3) is 0.370. The molecule has 0 saturated heterocycles. The van der Waals surface area contributed by atoms with Gasteiger partial charge in [-0.25, -0.2) is 9.78 Å². The Balaban J connectivity index is 1.50. The predicted molar refractivity (Wildman–Crippen MR) is 141 cm³/mol. The van der Waals surface area contributed by atoms with Crippen molar-refractivity contribution in [2.24, 2.45) is 10.9 Å². The van der Waals surface area contributed by atoms with E-state index >= 15 is 0 Å². The Labute approximate surface area is 208 Å². The molecule has 2 atom stereocenters. The summed E-state index contributed by atoms with van der Waals surface area (Å²) in [6, 6.07) is 11.2. The summed E-state index contributed by atoms with van der Waals surface area (Å²) in [5.74, 6) is 0.343. The number of fused-ring (bicyclic) bond motifs is 2. The van der Waals surface area contributed by atoms with Crippen molar-refractivity contribution in [1.29, 1.82) is 0 Å². The van der Waals surface area contributed by atoms with Crippen molar-refractivity contribution in [3.8, 4) is 0 Å². The smallest absolute Gasteiger partial charge is 0.357 e. The first-order valence-corrected chi connectivity index (χ1v) is 12.4. The number of aromatic nitrogens is 4. The van der Waals surface area contributed by atoms with Crippen LogP contribution in [0.2, 0.25) is 0 Å². The number of ether oxygens (including phenoxy) is 1. The van der Waals surface area contributed by atoms with Crippen molar-refractivity contribution >= 4 is 45.5 Å². The largest absolute Gasteiger partial charge is 0.458 e. The summed E-state index contributed by atoms with van der Waals surface area (Å²) in [6.45, 7) is 3.61. The molecule has 1 fully saturated rings. The second-order valence-corrected chi connectivity index (χ2v) is 9.47. The lowest BCUT2D eigenvalue weighted by Crippen LogP contribution is -2.25. The van der Waals surface area contributed by atoms with Gasteiger partial charge in [0.2, 0.25) is 0 Å². The quantitative estimate of drug-likeness (QED) is 0.292. The lowest BCUT2D eigenvalue weighted by atomic mass is 9.85. The molecule has 0 radical (unpaired) electrons. The lowest BCUT2D eigenvalue weighted by Gasteiger charge is -2.29. The number of hydrogen-bond donors (Lipinski definition) is 2. The fourth-order valence-corrected chi connectivity index (χ4v) is 4.98. The average Bonchev–Trinajstić information content (AvgIpc) is 3.23. The van der Waals surface area contributed by atoms with Crippen LogP contribution in [0.1, 0.15) is 56.1 Å². The van der Waals surface area contributed by atoms with E-state index < -0.39 is 5.97 Å². The Morgan fingerprint density at radius 1 is 1.22 bits per heavy atom. The topological polar surface area (TPSA) is 114 Å².